The van der Waals surface area contributed by atoms with E-state index in [2.05, 4.69) is 4.90 Å². The topological polar surface area (TPSA) is 43.7 Å². The third kappa shape index (κ3) is 5.58. The van der Waals surface area contributed by atoms with E-state index in [1.807, 2.05) is 20.9 Å². The number of nitrogens with zero attached hydrogens (tertiary/aromatic N) is 1. The Morgan fingerprint density at radius 3 is 2.07 bits per heavy atom. The number of hydrogen-bond acceptors (Lipinski definition) is 3. The van der Waals surface area contributed by atoms with Crippen LogP contribution in [0.1, 0.15) is 39.5 Å². The minimum absolute atomic E-state index is 0.114. The van der Waals surface area contributed by atoms with Crippen LogP contribution in [0.3, 0.4) is 0 Å². The molecule has 0 bridgehead atoms. The van der Waals surface area contributed by atoms with Crippen molar-refractivity contribution in [2.45, 2.75) is 45.1 Å². The molecule has 0 amide bonds. The molecule has 86 valence electrons. The van der Waals surface area contributed by atoms with Crippen LogP contribution in [0.15, 0.2) is 0 Å². The van der Waals surface area contributed by atoms with Crippen LogP contribution < -0.4 is 0 Å². The summed E-state index contributed by atoms with van der Waals surface area (Å²) in [5.41, 5.74) is -0.114. The summed E-state index contributed by atoms with van der Waals surface area (Å²) in [5, 5.41) is 17.7. The summed E-state index contributed by atoms with van der Waals surface area (Å²) < 4.78 is 0. The molecule has 0 radical (unpaired) electrons. The molecule has 0 unspecified atom stereocenters. The zero-order valence-electron chi connectivity index (χ0n) is 9.79. The second-order valence-corrected chi connectivity index (χ2v) is 4.53. The predicted octanol–water partition coefficient (Wildman–Crippen LogP) is 1.24. The zero-order valence-corrected chi connectivity index (χ0v) is 9.79. The fourth-order valence-corrected chi connectivity index (χ4v) is 1.24. The second-order valence-electron chi connectivity index (χ2n) is 4.53. The molecule has 0 aromatic heterocycles. The monoisotopic (exact) mass is 203 g/mol. The lowest BCUT2D eigenvalue weighted by molar-refractivity contribution is 0.0775. The van der Waals surface area contributed by atoms with Gasteiger partial charge in [0.2, 0.25) is 0 Å². The van der Waals surface area contributed by atoms with E-state index >= 15 is 0 Å². The molecule has 3 nitrogen and oxygen atoms in total. The molecule has 0 heterocycles. The average Bonchev–Trinajstić information content (AvgIpc) is 2.17. The van der Waals surface area contributed by atoms with E-state index in [-0.39, 0.29) is 12.1 Å². The Morgan fingerprint density at radius 1 is 1.00 bits per heavy atom. The van der Waals surface area contributed by atoms with E-state index in [0.29, 0.717) is 6.61 Å². The highest BCUT2D eigenvalue weighted by Crippen LogP contribution is 2.12. The maximum Gasteiger partial charge on any atom is 0.0609 e. The normalized spacial score (nSPS) is 12.4. The molecular weight excluding hydrogens is 178 g/mol. The summed E-state index contributed by atoms with van der Waals surface area (Å²) >= 11 is 0. The molecule has 0 aliphatic carbocycles. The predicted molar refractivity (Wildman–Crippen MR) is 59.3 cm³/mol. The number of aliphatic hydroxyl groups excluding tert-OH is 2. The molecule has 0 rings (SSSR count). The molecule has 0 fully saturated rings. The van der Waals surface area contributed by atoms with Crippen LogP contribution in [-0.4, -0.2) is 47.5 Å². The molecular formula is C11H25NO2. The van der Waals surface area contributed by atoms with Gasteiger partial charge in [-0.3, -0.25) is 4.90 Å². The first-order valence-electron chi connectivity index (χ1n) is 5.47. The lowest BCUT2D eigenvalue weighted by atomic mass is 10.0. The zero-order chi connectivity index (χ0) is 11.0. The van der Waals surface area contributed by atoms with Crippen LogP contribution in [0.25, 0.3) is 0 Å². The van der Waals surface area contributed by atoms with Crippen molar-refractivity contribution in [3.63, 3.8) is 0 Å². The molecule has 0 aliphatic heterocycles. The Morgan fingerprint density at radius 2 is 1.57 bits per heavy atom. The summed E-state index contributed by atoms with van der Waals surface area (Å²) in [6.45, 7) is 5.60. The molecule has 0 saturated heterocycles. The fraction of sp³-hybridized carbons (Fsp3) is 1.00. The minimum atomic E-state index is -0.114. The molecule has 0 aromatic carbocycles. The van der Waals surface area contributed by atoms with Crippen molar-refractivity contribution in [1.29, 1.82) is 0 Å². The average molecular weight is 203 g/mol. The third-order valence-corrected chi connectivity index (χ3v) is 2.82. The number of hydrogen-bond donors (Lipinski definition) is 2. The van der Waals surface area contributed by atoms with Crippen LogP contribution in [-0.2, 0) is 0 Å². The van der Waals surface area contributed by atoms with Gasteiger partial charge < -0.3 is 10.2 Å². The van der Waals surface area contributed by atoms with Gasteiger partial charge in [-0.25, -0.2) is 0 Å². The Hall–Kier alpha value is -0.120. The highest BCUT2D eigenvalue weighted by molar-refractivity contribution is 4.77. The van der Waals surface area contributed by atoms with Crippen molar-refractivity contribution in [3.05, 3.63) is 0 Å². The summed E-state index contributed by atoms with van der Waals surface area (Å²) in [6, 6.07) is 0. The van der Waals surface area contributed by atoms with Crippen LogP contribution in [0.5, 0.6) is 0 Å². The maximum atomic E-state index is 9.13. The van der Waals surface area contributed by atoms with Crippen molar-refractivity contribution >= 4 is 0 Å². The van der Waals surface area contributed by atoms with Gasteiger partial charge in [-0.15, -0.1) is 0 Å². The number of aliphatic hydroxyl groups is 2. The van der Waals surface area contributed by atoms with Crippen molar-refractivity contribution in [2.24, 2.45) is 0 Å². The van der Waals surface area contributed by atoms with Crippen molar-refractivity contribution < 1.29 is 10.2 Å². The lowest BCUT2D eigenvalue weighted by Gasteiger charge is -2.33. The Labute approximate surface area is 87.7 Å². The van der Waals surface area contributed by atoms with E-state index in [1.165, 1.54) is 0 Å². The van der Waals surface area contributed by atoms with Gasteiger partial charge in [-0.1, -0.05) is 12.8 Å². The second kappa shape index (κ2) is 7.21. The van der Waals surface area contributed by atoms with Crippen LogP contribution >= 0.6 is 0 Å². The van der Waals surface area contributed by atoms with Gasteiger partial charge in [-0.2, -0.15) is 0 Å². The highest BCUT2D eigenvalue weighted by atomic mass is 16.3. The molecule has 0 atom stereocenters. The molecule has 2 N–H and O–H groups in total. The van der Waals surface area contributed by atoms with Crippen molar-refractivity contribution in [3.8, 4) is 0 Å². The van der Waals surface area contributed by atoms with Crippen molar-refractivity contribution in [1.82, 2.24) is 4.90 Å². The van der Waals surface area contributed by atoms with Crippen molar-refractivity contribution in [2.75, 3.05) is 26.8 Å². The molecule has 0 aliphatic rings. The first-order valence-corrected chi connectivity index (χ1v) is 5.47. The quantitative estimate of drug-likeness (QED) is 0.583. The molecule has 14 heavy (non-hydrogen) atoms. The first-order chi connectivity index (χ1) is 6.54. The van der Waals surface area contributed by atoms with Gasteiger partial charge in [-0.05, 0) is 40.3 Å². The van der Waals surface area contributed by atoms with E-state index < -0.39 is 0 Å². The van der Waals surface area contributed by atoms with Gasteiger partial charge >= 0.3 is 0 Å². The summed E-state index contributed by atoms with van der Waals surface area (Å²) in [6.07, 6.45) is 4.31. The minimum Gasteiger partial charge on any atom is -0.396 e. The van der Waals surface area contributed by atoms with Gasteiger partial charge in [0.05, 0.1) is 6.61 Å². The highest BCUT2D eigenvalue weighted by Gasteiger charge is 2.21. The fourth-order valence-electron chi connectivity index (χ4n) is 1.24. The maximum absolute atomic E-state index is 9.13. The SMILES string of the molecule is CN(CCCCCCO)C(C)(C)CO. The van der Waals surface area contributed by atoms with E-state index in [1.54, 1.807) is 0 Å². The van der Waals surface area contributed by atoms with E-state index in [0.717, 1.165) is 32.2 Å². The number of rotatable bonds is 8. The summed E-state index contributed by atoms with van der Waals surface area (Å²) in [7, 11) is 2.04. The third-order valence-electron chi connectivity index (χ3n) is 2.82. The number of likely N-dealkylation sites (N-methyl/N-ethyl adjacent to an activating group) is 1. The Bertz CT molecular complexity index is 137. The molecule has 0 spiro atoms. The van der Waals surface area contributed by atoms with Crippen LogP contribution in [0.4, 0.5) is 0 Å². The van der Waals surface area contributed by atoms with Gasteiger partial charge in [0.15, 0.2) is 0 Å². The molecule has 0 aromatic rings. The van der Waals surface area contributed by atoms with E-state index in [9.17, 15) is 0 Å². The summed E-state index contributed by atoms with van der Waals surface area (Å²) in [4.78, 5) is 2.19. The molecule has 3 heteroatoms. The van der Waals surface area contributed by atoms with Gasteiger partial charge in [0.25, 0.3) is 0 Å². The first kappa shape index (κ1) is 13.9. The smallest absolute Gasteiger partial charge is 0.0609 e. The van der Waals surface area contributed by atoms with Crippen LogP contribution in [0, 0.1) is 0 Å². The van der Waals surface area contributed by atoms with Gasteiger partial charge in [0, 0.05) is 12.1 Å². The standard InChI is InChI=1S/C11H25NO2/c1-11(2,10-14)12(3)8-6-4-5-7-9-13/h13-14H,4-10H2,1-3H3. The number of unbranched alkanes of at least 4 members (excludes halogenated alkanes) is 3. The Kier molecular flexibility index (Phi) is 7.15. The Balaban J connectivity index is 3.48. The lowest BCUT2D eigenvalue weighted by Crippen LogP contribution is -2.44. The summed E-state index contributed by atoms with van der Waals surface area (Å²) in [5.74, 6) is 0. The largest absolute Gasteiger partial charge is 0.396 e. The van der Waals surface area contributed by atoms with Gasteiger partial charge in [0.1, 0.15) is 0 Å². The van der Waals surface area contributed by atoms with Crippen LogP contribution in [0.2, 0.25) is 0 Å². The van der Waals surface area contributed by atoms with E-state index in [4.69, 9.17) is 10.2 Å². The molecule has 0 saturated carbocycles.